The van der Waals surface area contributed by atoms with Gasteiger partial charge in [-0.1, -0.05) is 0 Å². The number of hydrogen-bond donors (Lipinski definition) is 0. The molecule has 0 radical (unpaired) electrons. The Morgan fingerprint density at radius 3 is 2.17 bits per heavy atom. The van der Waals surface area contributed by atoms with Crippen LogP contribution in [0.25, 0.3) is 4.98 Å². The molecule has 0 spiro atoms. The first kappa shape index (κ1) is 10.3. The average Bonchev–Trinajstić information content (AvgIpc) is 2.05. The maximum absolute atomic E-state index is 10.1. The fourth-order valence-electron chi connectivity index (χ4n) is 0.641. The van der Waals surface area contributed by atoms with Crippen molar-refractivity contribution in [3.63, 3.8) is 0 Å². The molecule has 5 nitrogen and oxygen atoms in total. The van der Waals surface area contributed by atoms with Crippen molar-refractivity contribution < 1.29 is 4.92 Å². The Kier molecular flexibility index (Phi) is 3.67. The number of nitrogens with zero attached hydrogens (tertiary/aromatic N) is 3. The van der Waals surface area contributed by atoms with Crippen LogP contribution >= 0.6 is 12.4 Å². The van der Waals surface area contributed by atoms with Gasteiger partial charge in [0.15, 0.2) is 4.98 Å². The smallest absolute Gasteiger partial charge is 0.258 e. The Balaban J connectivity index is 0.00000121. The summed E-state index contributed by atoms with van der Waals surface area (Å²) in [4.78, 5) is 12.4. The van der Waals surface area contributed by atoms with E-state index < -0.39 is 4.92 Å². The molecule has 0 fully saturated rings. The average molecular weight is 187 g/mol. The lowest BCUT2D eigenvalue weighted by Gasteiger charge is -1.84. The predicted molar refractivity (Wildman–Crippen MR) is 45.1 cm³/mol. The highest BCUT2D eigenvalue weighted by Crippen LogP contribution is 2.16. The summed E-state index contributed by atoms with van der Waals surface area (Å²) < 4.78 is 0. The van der Waals surface area contributed by atoms with Crippen LogP contribution in [0.1, 0.15) is 0 Å². The van der Waals surface area contributed by atoms with Crippen LogP contribution in [0.5, 0.6) is 0 Å². The van der Waals surface area contributed by atoms with Gasteiger partial charge in [0.2, 0.25) is 5.39 Å². The van der Waals surface area contributed by atoms with Gasteiger partial charge >= 0.3 is 5.69 Å². The lowest BCUT2D eigenvalue weighted by molar-refractivity contribution is -0.384. The van der Waals surface area contributed by atoms with Gasteiger partial charge in [0.25, 0.3) is 5.69 Å². The molecule has 0 amide bonds. The van der Waals surface area contributed by atoms with Gasteiger partial charge in [-0.25, -0.2) is 0 Å². The normalized spacial score (nSPS) is 7.92. The van der Waals surface area contributed by atoms with E-state index in [-0.39, 0.29) is 18.1 Å². The SMILES string of the molecule is Cl.N#[N+]c1ccc([N+](=O)[O-])cc1. The molecule has 0 bridgehead atoms. The molecule has 0 saturated carbocycles. The minimum atomic E-state index is -0.513. The number of benzene rings is 1. The summed E-state index contributed by atoms with van der Waals surface area (Å²) >= 11 is 0. The van der Waals surface area contributed by atoms with E-state index in [1.807, 2.05) is 0 Å². The minimum absolute atomic E-state index is 0. The predicted octanol–water partition coefficient (Wildman–Crippen LogP) is 2.50. The topological polar surface area (TPSA) is 71.3 Å². The number of nitro benzene ring substituents is 1. The number of nitro groups is 1. The molecule has 0 saturated heterocycles. The Labute approximate surface area is 74.2 Å². The summed E-state index contributed by atoms with van der Waals surface area (Å²) in [7, 11) is 0. The van der Waals surface area contributed by atoms with E-state index in [9.17, 15) is 10.1 Å². The summed E-state index contributed by atoms with van der Waals surface area (Å²) in [5.74, 6) is 0. The van der Waals surface area contributed by atoms with Gasteiger partial charge in [-0.3, -0.25) is 10.1 Å². The van der Waals surface area contributed by atoms with Gasteiger partial charge < -0.3 is 0 Å². The molecule has 0 aliphatic carbocycles. The molecule has 0 aromatic heterocycles. The number of hydrogen-bond acceptors (Lipinski definition) is 3. The van der Waals surface area contributed by atoms with Crippen LogP contribution in [-0.4, -0.2) is 4.92 Å². The molecule has 1 aromatic rings. The van der Waals surface area contributed by atoms with Crippen molar-refractivity contribution in [1.29, 1.82) is 5.39 Å². The van der Waals surface area contributed by atoms with E-state index in [0.717, 1.165) is 0 Å². The maximum Gasteiger partial charge on any atom is 0.385 e. The molecular weight excluding hydrogens is 182 g/mol. The van der Waals surface area contributed by atoms with Crippen LogP contribution in [0.3, 0.4) is 0 Å². The largest absolute Gasteiger partial charge is 0.385 e. The van der Waals surface area contributed by atoms with E-state index in [4.69, 9.17) is 5.39 Å². The molecule has 1 aromatic carbocycles. The number of rotatable bonds is 1. The van der Waals surface area contributed by atoms with Gasteiger partial charge in [0.05, 0.1) is 4.92 Å². The minimum Gasteiger partial charge on any atom is -0.258 e. The van der Waals surface area contributed by atoms with Crippen molar-refractivity contribution in [2.24, 2.45) is 0 Å². The summed E-state index contributed by atoms with van der Waals surface area (Å²) in [5, 5.41) is 18.3. The second kappa shape index (κ2) is 4.26. The first-order chi connectivity index (χ1) is 5.24. The zero-order chi connectivity index (χ0) is 8.27. The Morgan fingerprint density at radius 1 is 1.33 bits per heavy atom. The summed E-state index contributed by atoms with van der Waals surface area (Å²) in [5.41, 5.74) is 0.285. The van der Waals surface area contributed by atoms with E-state index in [0.29, 0.717) is 5.69 Å². The molecule has 0 atom stereocenters. The van der Waals surface area contributed by atoms with E-state index in [1.54, 1.807) is 0 Å². The van der Waals surface area contributed by atoms with Crippen molar-refractivity contribution in [1.82, 2.24) is 0 Å². The van der Waals surface area contributed by atoms with Crippen molar-refractivity contribution in [2.45, 2.75) is 0 Å². The molecule has 0 aliphatic rings. The van der Waals surface area contributed by atoms with E-state index in [2.05, 4.69) is 4.98 Å². The van der Waals surface area contributed by atoms with Crippen LogP contribution in [0, 0.1) is 15.5 Å². The van der Waals surface area contributed by atoms with E-state index in [1.165, 1.54) is 24.3 Å². The van der Waals surface area contributed by atoms with Crippen LogP contribution in [0.2, 0.25) is 0 Å². The van der Waals surface area contributed by atoms with Gasteiger partial charge in [-0.05, 0) is 0 Å². The van der Waals surface area contributed by atoms with Crippen LogP contribution in [0.15, 0.2) is 24.3 Å². The van der Waals surface area contributed by atoms with Crippen molar-refractivity contribution in [3.8, 4) is 0 Å². The van der Waals surface area contributed by atoms with Gasteiger partial charge in [0.1, 0.15) is 0 Å². The van der Waals surface area contributed by atoms with Crippen molar-refractivity contribution in [2.75, 3.05) is 0 Å². The number of halogens is 1. The standard InChI is InChI=1S/C6H4N3O2.ClH/c7-8-5-1-3-6(4-2-5)9(10)11;/h1-4H;1H/q+1;. The van der Waals surface area contributed by atoms with Gasteiger partial charge in [-0.15, -0.1) is 12.4 Å². The Hall–Kier alpha value is -1.67. The first-order valence-electron chi connectivity index (χ1n) is 2.83. The van der Waals surface area contributed by atoms with Crippen LogP contribution in [0.4, 0.5) is 11.4 Å². The molecule has 6 heteroatoms. The molecule has 1 rings (SSSR count). The fraction of sp³-hybridized carbons (Fsp3) is 0. The second-order valence-electron chi connectivity index (χ2n) is 1.87. The third kappa shape index (κ3) is 2.18. The number of non-ortho nitro benzene ring substituents is 1. The number of diazo groups is 1. The van der Waals surface area contributed by atoms with Crippen LogP contribution < -0.4 is 0 Å². The molecule has 0 aliphatic heterocycles. The van der Waals surface area contributed by atoms with Gasteiger partial charge in [-0.2, -0.15) is 0 Å². The highest BCUT2D eigenvalue weighted by atomic mass is 35.5. The summed E-state index contributed by atoms with van der Waals surface area (Å²) in [6.45, 7) is 0. The molecule has 0 heterocycles. The molecular formula is C6H5ClN3O2+. The van der Waals surface area contributed by atoms with Gasteiger partial charge in [0, 0.05) is 24.3 Å². The lowest BCUT2D eigenvalue weighted by atomic mass is 10.3. The first-order valence-corrected chi connectivity index (χ1v) is 2.83. The van der Waals surface area contributed by atoms with Crippen molar-refractivity contribution >= 4 is 23.8 Å². The highest BCUT2D eigenvalue weighted by Gasteiger charge is 2.08. The fourth-order valence-corrected chi connectivity index (χ4v) is 0.641. The van der Waals surface area contributed by atoms with Crippen LogP contribution in [-0.2, 0) is 0 Å². The Bertz CT molecular complexity index is 317. The Morgan fingerprint density at radius 2 is 1.83 bits per heavy atom. The zero-order valence-corrected chi connectivity index (χ0v) is 6.69. The summed E-state index contributed by atoms with van der Waals surface area (Å²) in [6, 6.07) is 5.26. The zero-order valence-electron chi connectivity index (χ0n) is 5.88. The molecule has 12 heavy (non-hydrogen) atoms. The molecule has 0 unspecified atom stereocenters. The lowest BCUT2D eigenvalue weighted by Crippen LogP contribution is -1.85. The van der Waals surface area contributed by atoms with Crippen molar-refractivity contribution in [3.05, 3.63) is 39.4 Å². The van der Waals surface area contributed by atoms with E-state index >= 15 is 0 Å². The quantitative estimate of drug-likeness (QED) is 0.384. The third-order valence-corrected chi connectivity index (χ3v) is 1.18. The molecule has 62 valence electrons. The molecule has 0 N–H and O–H groups in total. The summed E-state index contributed by atoms with van der Waals surface area (Å²) in [6.07, 6.45) is 0. The maximum atomic E-state index is 10.1. The monoisotopic (exact) mass is 186 g/mol. The second-order valence-corrected chi connectivity index (χ2v) is 1.87. The highest BCUT2D eigenvalue weighted by molar-refractivity contribution is 5.85. The third-order valence-electron chi connectivity index (χ3n) is 1.18.